The first-order valence-electron chi connectivity index (χ1n) is 14.3. The Morgan fingerprint density at radius 1 is 0.867 bits per heavy atom. The van der Waals surface area contributed by atoms with E-state index in [1.807, 2.05) is 0 Å². The summed E-state index contributed by atoms with van der Waals surface area (Å²) in [5, 5.41) is 73.7. The van der Waals surface area contributed by atoms with E-state index in [1.54, 1.807) is 24.3 Å². The highest BCUT2D eigenvalue weighted by atomic mass is 16.8. The molecule has 2 aromatic rings. The summed E-state index contributed by atoms with van der Waals surface area (Å²) in [7, 11) is 2.88. The summed E-state index contributed by atoms with van der Waals surface area (Å²) in [4.78, 5) is 13.9. The number of carbonyl (C=O) groups excluding carboxylic acids is 1. The maximum absolute atomic E-state index is 13.9. The van der Waals surface area contributed by atoms with Gasteiger partial charge in [0, 0.05) is 18.6 Å². The molecule has 3 heterocycles. The van der Waals surface area contributed by atoms with Crippen LogP contribution in [0.15, 0.2) is 36.4 Å². The van der Waals surface area contributed by atoms with E-state index in [1.165, 1.54) is 33.3 Å². The van der Waals surface area contributed by atoms with E-state index in [0.717, 1.165) is 0 Å². The zero-order chi connectivity index (χ0) is 32.6. The molecular formula is C30H38O15. The first-order chi connectivity index (χ1) is 21.4. The van der Waals surface area contributed by atoms with E-state index in [-0.39, 0.29) is 35.8 Å². The highest BCUT2D eigenvalue weighted by Crippen LogP contribution is 2.42. The molecule has 15 heteroatoms. The van der Waals surface area contributed by atoms with Gasteiger partial charge in [-0.1, -0.05) is 12.1 Å². The molecule has 2 aromatic carbocycles. The van der Waals surface area contributed by atoms with Crippen molar-refractivity contribution in [2.24, 2.45) is 0 Å². The highest BCUT2D eigenvalue weighted by molar-refractivity contribution is 6.08. The number of hydrogen-bond donors (Lipinski definition) is 7. The maximum atomic E-state index is 13.9. The molecule has 3 aliphatic rings. The van der Waals surface area contributed by atoms with Gasteiger partial charge in [0.1, 0.15) is 71.8 Å². The predicted octanol–water partition coefficient (Wildman–Crippen LogP) is -1.72. The second-order valence-electron chi connectivity index (χ2n) is 11.3. The number of hydrogen-bond acceptors (Lipinski definition) is 15. The molecule has 0 bridgehead atoms. The van der Waals surface area contributed by atoms with Crippen LogP contribution in [0.3, 0.4) is 0 Å². The normalized spacial score (nSPS) is 36.5. The number of aliphatic hydroxyl groups is 7. The Balaban J connectivity index is 1.47. The number of aliphatic hydroxyl groups excluding tert-OH is 6. The number of Topliss-reactive ketones (excluding diaryl/α,β-unsaturated/α-hetero) is 1. The predicted molar refractivity (Wildman–Crippen MR) is 150 cm³/mol. The van der Waals surface area contributed by atoms with Crippen LogP contribution in [-0.4, -0.2) is 136 Å². The second kappa shape index (κ2) is 13.3. The van der Waals surface area contributed by atoms with E-state index >= 15 is 0 Å². The van der Waals surface area contributed by atoms with Crippen LogP contribution in [0.5, 0.6) is 23.0 Å². The van der Waals surface area contributed by atoms with Gasteiger partial charge in [0.05, 0.1) is 26.9 Å². The van der Waals surface area contributed by atoms with Crippen molar-refractivity contribution >= 4 is 5.78 Å². The molecule has 3 aliphatic heterocycles. The molecule has 0 spiro atoms. The van der Waals surface area contributed by atoms with Gasteiger partial charge >= 0.3 is 0 Å². The Labute approximate surface area is 258 Å². The molecule has 0 radical (unpaired) electrons. The molecule has 248 valence electrons. The first-order valence-corrected chi connectivity index (χ1v) is 14.3. The summed E-state index contributed by atoms with van der Waals surface area (Å²) in [6.45, 7) is 0.300. The van der Waals surface area contributed by atoms with E-state index < -0.39 is 79.4 Å². The van der Waals surface area contributed by atoms with E-state index in [9.17, 15) is 40.5 Å². The second-order valence-corrected chi connectivity index (χ2v) is 11.3. The first kappa shape index (κ1) is 33.3. The Bertz CT molecular complexity index is 1340. The van der Waals surface area contributed by atoms with Gasteiger partial charge in [-0.05, 0) is 24.6 Å². The zero-order valence-electron chi connectivity index (χ0n) is 24.8. The summed E-state index contributed by atoms with van der Waals surface area (Å²) in [5.41, 5.74) is -1.58. The van der Waals surface area contributed by atoms with Crippen LogP contribution in [0.25, 0.3) is 0 Å². The Hall–Kier alpha value is -3.09. The van der Waals surface area contributed by atoms with E-state index in [4.69, 9.17) is 33.2 Å². The fourth-order valence-electron chi connectivity index (χ4n) is 5.52. The molecule has 2 fully saturated rings. The summed E-state index contributed by atoms with van der Waals surface area (Å²) < 4.78 is 39.4. The third-order valence-corrected chi connectivity index (χ3v) is 8.21. The third-order valence-electron chi connectivity index (χ3n) is 8.21. The van der Waals surface area contributed by atoms with Crippen molar-refractivity contribution in [2.45, 2.75) is 80.4 Å². The van der Waals surface area contributed by atoms with Crippen LogP contribution in [0.1, 0.15) is 22.8 Å². The average Bonchev–Trinajstić information content (AvgIpc) is 3.04. The van der Waals surface area contributed by atoms with Crippen LogP contribution in [0.2, 0.25) is 0 Å². The standard InChI is InChI=1S/C30H38O15/c1-13-21(32)23(34)25(36)28(42-13)45-26-24(35)22(33)19(11-31)44-29(26)43-18-9-16(40-3)8-17-20(18)27(37)30(38,12-41-17)10-14-4-6-15(39-2)7-5-14/h4-9,13,19,21-26,28-29,31-36,38H,10-12H2,1-3H3/t13-,19-,21-,22-,23-,24-,25+,26-,28-,29+,30+/m0/s1. The van der Waals surface area contributed by atoms with Crippen molar-refractivity contribution in [1.29, 1.82) is 0 Å². The molecule has 7 N–H and O–H groups in total. The minimum absolute atomic E-state index is 0.0262. The topological polar surface area (TPSA) is 223 Å². The zero-order valence-corrected chi connectivity index (χ0v) is 24.8. The third kappa shape index (κ3) is 6.46. The lowest BCUT2D eigenvalue weighted by molar-refractivity contribution is -0.354. The van der Waals surface area contributed by atoms with Gasteiger partial charge in [-0.2, -0.15) is 0 Å². The van der Waals surface area contributed by atoms with Gasteiger partial charge < -0.3 is 68.9 Å². The number of methoxy groups -OCH3 is 2. The number of rotatable bonds is 9. The van der Waals surface area contributed by atoms with Crippen molar-refractivity contribution in [1.82, 2.24) is 0 Å². The van der Waals surface area contributed by atoms with Crippen LogP contribution in [-0.2, 0) is 20.6 Å². The Morgan fingerprint density at radius 2 is 1.56 bits per heavy atom. The van der Waals surface area contributed by atoms with Crippen molar-refractivity contribution in [3.8, 4) is 23.0 Å². The maximum Gasteiger partial charge on any atom is 0.229 e. The highest BCUT2D eigenvalue weighted by Gasteiger charge is 2.52. The molecular weight excluding hydrogens is 600 g/mol. The lowest BCUT2D eigenvalue weighted by Crippen LogP contribution is -2.64. The average molecular weight is 639 g/mol. The van der Waals surface area contributed by atoms with Crippen LogP contribution in [0, 0.1) is 0 Å². The lowest BCUT2D eigenvalue weighted by atomic mass is 9.85. The molecule has 15 nitrogen and oxygen atoms in total. The fraction of sp³-hybridized carbons (Fsp3) is 0.567. The largest absolute Gasteiger partial charge is 0.497 e. The van der Waals surface area contributed by atoms with Crippen molar-refractivity contribution in [2.75, 3.05) is 27.4 Å². The molecule has 0 aliphatic carbocycles. The Morgan fingerprint density at radius 3 is 2.20 bits per heavy atom. The van der Waals surface area contributed by atoms with Gasteiger partial charge in [0.25, 0.3) is 0 Å². The van der Waals surface area contributed by atoms with Crippen LogP contribution in [0.4, 0.5) is 0 Å². The molecule has 2 saturated heterocycles. The number of benzene rings is 2. The fourth-order valence-corrected chi connectivity index (χ4v) is 5.52. The smallest absolute Gasteiger partial charge is 0.229 e. The van der Waals surface area contributed by atoms with Crippen molar-refractivity contribution in [3.05, 3.63) is 47.5 Å². The molecule has 0 aromatic heterocycles. The molecule has 0 unspecified atom stereocenters. The molecule has 45 heavy (non-hydrogen) atoms. The number of ketones is 1. The monoisotopic (exact) mass is 638 g/mol. The van der Waals surface area contributed by atoms with Gasteiger partial charge in [-0.3, -0.25) is 4.79 Å². The quantitative estimate of drug-likeness (QED) is 0.162. The lowest BCUT2D eigenvalue weighted by Gasteiger charge is -2.45. The number of carbonyl (C=O) groups is 1. The molecule has 5 rings (SSSR count). The summed E-state index contributed by atoms with van der Waals surface area (Å²) >= 11 is 0. The minimum Gasteiger partial charge on any atom is -0.497 e. The van der Waals surface area contributed by atoms with Gasteiger partial charge in [0.2, 0.25) is 12.1 Å². The van der Waals surface area contributed by atoms with E-state index in [0.29, 0.717) is 11.3 Å². The summed E-state index contributed by atoms with van der Waals surface area (Å²) in [6, 6.07) is 9.51. The SMILES string of the molecule is COc1ccc(C[C@@]2(O)COc3cc(OC)cc(O[C@@H]4O[C@@H](CO)[C@H](O)[C@H](O)[C@@H]4O[C@@H]4O[C@@H](C)[C@H](O)[C@H](O)[C@H]4O)c3C2=O)cc1. The van der Waals surface area contributed by atoms with Crippen LogP contribution >= 0.6 is 0 Å². The van der Waals surface area contributed by atoms with Gasteiger partial charge in [-0.25, -0.2) is 0 Å². The Kier molecular flexibility index (Phi) is 9.86. The van der Waals surface area contributed by atoms with E-state index in [2.05, 4.69) is 0 Å². The van der Waals surface area contributed by atoms with Crippen LogP contribution < -0.4 is 18.9 Å². The number of fused-ring (bicyclic) bond motifs is 1. The number of ether oxygens (including phenoxy) is 7. The molecule has 0 amide bonds. The molecule has 11 atom stereocenters. The molecule has 0 saturated carbocycles. The van der Waals surface area contributed by atoms with Crippen molar-refractivity contribution < 1.29 is 73.7 Å². The van der Waals surface area contributed by atoms with Crippen molar-refractivity contribution in [3.63, 3.8) is 0 Å². The van der Waals surface area contributed by atoms with Gasteiger partial charge in [0.15, 0.2) is 18.0 Å². The summed E-state index contributed by atoms with van der Waals surface area (Å²) in [6.07, 6.45) is -15.8. The summed E-state index contributed by atoms with van der Waals surface area (Å²) in [5.74, 6) is -0.147. The minimum atomic E-state index is -2.02. The van der Waals surface area contributed by atoms with Gasteiger partial charge in [-0.15, -0.1) is 0 Å².